The first kappa shape index (κ1) is 24.8. The van der Waals surface area contributed by atoms with E-state index in [1.54, 1.807) is 12.1 Å². The summed E-state index contributed by atoms with van der Waals surface area (Å²) in [5.41, 5.74) is 1.45. The van der Waals surface area contributed by atoms with Crippen LogP contribution in [0.25, 0.3) is 0 Å². The number of carbonyl (C=O) groups is 2. The highest BCUT2D eigenvalue weighted by Crippen LogP contribution is 2.42. The molecule has 2 aromatic rings. The number of nitrogens with zero attached hydrogens (tertiary/aromatic N) is 1. The molecule has 0 saturated heterocycles. The maximum atomic E-state index is 13.7. The Bertz CT molecular complexity index is 1180. The van der Waals surface area contributed by atoms with Crippen LogP contribution in [0.4, 0.5) is 0 Å². The van der Waals surface area contributed by atoms with Crippen LogP contribution in [0.2, 0.25) is 5.02 Å². The van der Waals surface area contributed by atoms with E-state index in [1.165, 1.54) is 50.9 Å². The topological polar surface area (TPSA) is 108 Å². The van der Waals surface area contributed by atoms with Crippen LogP contribution >= 0.6 is 11.6 Å². The third-order valence-corrected chi connectivity index (χ3v) is 7.87. The molecular formula is C22H24ClNO8S. The maximum Gasteiger partial charge on any atom is 0.337 e. The van der Waals surface area contributed by atoms with Gasteiger partial charge in [-0.05, 0) is 47.9 Å². The highest BCUT2D eigenvalue weighted by molar-refractivity contribution is 7.89. The molecule has 33 heavy (non-hydrogen) atoms. The van der Waals surface area contributed by atoms with E-state index in [0.29, 0.717) is 23.5 Å². The third kappa shape index (κ3) is 4.78. The zero-order chi connectivity index (χ0) is 24.3. The molecule has 0 aliphatic carbocycles. The van der Waals surface area contributed by atoms with Crippen LogP contribution in [0, 0.1) is 0 Å². The second kappa shape index (κ2) is 9.98. The van der Waals surface area contributed by atoms with Crippen molar-refractivity contribution in [1.29, 1.82) is 0 Å². The van der Waals surface area contributed by atoms with Crippen molar-refractivity contribution >= 4 is 33.6 Å². The van der Waals surface area contributed by atoms with E-state index in [9.17, 15) is 18.0 Å². The summed E-state index contributed by atoms with van der Waals surface area (Å²) in [5.74, 6) is -0.387. The third-order valence-electron chi connectivity index (χ3n) is 5.48. The van der Waals surface area contributed by atoms with Gasteiger partial charge in [-0.2, -0.15) is 4.31 Å². The predicted molar refractivity (Wildman–Crippen MR) is 119 cm³/mol. The molecule has 0 bridgehead atoms. The number of ether oxygens (including phenoxy) is 4. The van der Waals surface area contributed by atoms with Crippen LogP contribution in [0.3, 0.4) is 0 Å². The highest BCUT2D eigenvalue weighted by Gasteiger charge is 2.39. The Balaban J connectivity index is 2.15. The van der Waals surface area contributed by atoms with Crippen LogP contribution < -0.4 is 9.47 Å². The summed E-state index contributed by atoms with van der Waals surface area (Å²) in [5, 5.41) is -0.0578. The fourth-order valence-corrected chi connectivity index (χ4v) is 5.93. The molecule has 0 saturated carbocycles. The molecule has 178 valence electrons. The molecule has 9 nitrogen and oxygen atoms in total. The fraction of sp³-hybridized carbons (Fsp3) is 0.364. The van der Waals surface area contributed by atoms with Crippen molar-refractivity contribution < 1.29 is 37.0 Å². The van der Waals surface area contributed by atoms with Gasteiger partial charge in [-0.1, -0.05) is 11.6 Å². The predicted octanol–water partition coefficient (Wildman–Crippen LogP) is 3.00. The lowest BCUT2D eigenvalue weighted by atomic mass is 9.91. The minimum atomic E-state index is -4.22. The second-order valence-electron chi connectivity index (χ2n) is 7.20. The molecular weight excluding hydrogens is 474 g/mol. The minimum absolute atomic E-state index is 0.0359. The number of hydrogen-bond acceptors (Lipinski definition) is 8. The molecule has 0 spiro atoms. The van der Waals surface area contributed by atoms with Gasteiger partial charge in [-0.3, -0.25) is 4.79 Å². The summed E-state index contributed by atoms with van der Waals surface area (Å²) in [7, 11) is 1.18. The van der Waals surface area contributed by atoms with E-state index in [0.717, 1.165) is 5.56 Å². The van der Waals surface area contributed by atoms with Crippen molar-refractivity contribution in [3.8, 4) is 11.5 Å². The molecule has 0 N–H and O–H groups in total. The summed E-state index contributed by atoms with van der Waals surface area (Å²) in [4.78, 5) is 23.9. The van der Waals surface area contributed by atoms with Crippen LogP contribution in [0.15, 0.2) is 35.2 Å². The average Bonchev–Trinajstić information content (AvgIpc) is 2.82. The van der Waals surface area contributed by atoms with Crippen LogP contribution in [-0.2, 0) is 30.7 Å². The Labute approximate surface area is 197 Å². The van der Waals surface area contributed by atoms with Crippen LogP contribution in [0.5, 0.6) is 11.5 Å². The van der Waals surface area contributed by atoms with Gasteiger partial charge in [-0.25, -0.2) is 13.2 Å². The number of hydrogen-bond donors (Lipinski definition) is 0. The van der Waals surface area contributed by atoms with Gasteiger partial charge < -0.3 is 18.9 Å². The number of fused-ring (bicyclic) bond motifs is 1. The van der Waals surface area contributed by atoms with Gasteiger partial charge in [0.05, 0.1) is 51.5 Å². The molecule has 2 aromatic carbocycles. The van der Waals surface area contributed by atoms with E-state index >= 15 is 0 Å². The number of methoxy groups -OCH3 is 4. The Hall–Kier alpha value is -2.82. The average molecular weight is 498 g/mol. The maximum absolute atomic E-state index is 13.7. The number of esters is 2. The summed E-state index contributed by atoms with van der Waals surface area (Å²) >= 11 is 6.23. The van der Waals surface area contributed by atoms with Crippen molar-refractivity contribution in [2.24, 2.45) is 0 Å². The summed E-state index contributed by atoms with van der Waals surface area (Å²) in [6.45, 7) is 0.0747. The molecule has 0 aromatic heterocycles. The van der Waals surface area contributed by atoms with Crippen molar-refractivity contribution in [2.75, 3.05) is 35.0 Å². The lowest BCUT2D eigenvalue weighted by molar-refractivity contribution is -0.141. The lowest BCUT2D eigenvalue weighted by Gasteiger charge is -2.36. The van der Waals surface area contributed by atoms with E-state index in [-0.39, 0.29) is 28.4 Å². The Kier molecular flexibility index (Phi) is 7.51. The van der Waals surface area contributed by atoms with E-state index in [1.807, 2.05) is 0 Å². The van der Waals surface area contributed by atoms with Gasteiger partial charge in [0.1, 0.15) is 4.90 Å². The Morgan fingerprint density at radius 1 is 1.03 bits per heavy atom. The van der Waals surface area contributed by atoms with E-state index < -0.39 is 28.0 Å². The van der Waals surface area contributed by atoms with E-state index in [4.69, 9.17) is 30.5 Å². The fourth-order valence-electron chi connectivity index (χ4n) is 3.82. The lowest BCUT2D eigenvalue weighted by Crippen LogP contribution is -2.41. The first-order valence-electron chi connectivity index (χ1n) is 9.89. The smallest absolute Gasteiger partial charge is 0.337 e. The number of sulfonamides is 1. The Morgan fingerprint density at radius 2 is 1.70 bits per heavy atom. The summed E-state index contributed by atoms with van der Waals surface area (Å²) in [6.07, 6.45) is 0.132. The molecule has 0 fully saturated rings. The molecule has 3 rings (SSSR count). The first-order chi connectivity index (χ1) is 15.7. The van der Waals surface area contributed by atoms with E-state index in [2.05, 4.69) is 0 Å². The molecule has 1 unspecified atom stereocenters. The second-order valence-corrected chi connectivity index (χ2v) is 9.47. The highest BCUT2D eigenvalue weighted by atomic mass is 35.5. The minimum Gasteiger partial charge on any atom is -0.493 e. The number of benzene rings is 2. The molecule has 0 radical (unpaired) electrons. The molecule has 1 aliphatic rings. The van der Waals surface area contributed by atoms with Gasteiger partial charge in [0.25, 0.3) is 0 Å². The zero-order valence-electron chi connectivity index (χ0n) is 18.6. The number of carbonyl (C=O) groups excluding carboxylic acids is 2. The zero-order valence-corrected chi connectivity index (χ0v) is 20.2. The van der Waals surface area contributed by atoms with Crippen molar-refractivity contribution in [1.82, 2.24) is 4.31 Å². The summed E-state index contributed by atoms with van der Waals surface area (Å²) < 4.78 is 48.9. The standard InChI is InChI=1S/C22H24ClNO8S/c1-29-18-9-13-7-8-24(17(12-21(25)31-3)15(13)11-19(18)30-2)33(27,28)20-10-14(22(26)32-4)5-6-16(20)23/h5-6,9-11,17H,7-8,12H2,1-4H3. The monoisotopic (exact) mass is 497 g/mol. The SMILES string of the molecule is COC(=O)CC1c2cc(OC)c(OC)cc2CCN1S(=O)(=O)c1cc(C(=O)OC)ccc1Cl. The molecule has 1 heterocycles. The summed E-state index contributed by atoms with van der Waals surface area (Å²) in [6, 6.07) is 6.42. The van der Waals surface area contributed by atoms with Gasteiger partial charge >= 0.3 is 11.9 Å². The van der Waals surface area contributed by atoms with Gasteiger partial charge in [0.2, 0.25) is 10.0 Å². The van der Waals surface area contributed by atoms with Crippen molar-refractivity contribution in [3.63, 3.8) is 0 Å². The van der Waals surface area contributed by atoms with Crippen molar-refractivity contribution in [2.45, 2.75) is 23.8 Å². The Morgan fingerprint density at radius 3 is 2.30 bits per heavy atom. The quantitative estimate of drug-likeness (QED) is 0.537. The number of halogens is 1. The van der Waals surface area contributed by atoms with Gasteiger partial charge in [0, 0.05) is 6.54 Å². The largest absolute Gasteiger partial charge is 0.493 e. The van der Waals surface area contributed by atoms with Crippen molar-refractivity contribution in [3.05, 3.63) is 52.0 Å². The van der Waals surface area contributed by atoms with Crippen LogP contribution in [-0.4, -0.2) is 59.6 Å². The molecule has 11 heteroatoms. The van der Waals surface area contributed by atoms with Gasteiger partial charge in [-0.15, -0.1) is 0 Å². The molecule has 1 aliphatic heterocycles. The first-order valence-corrected chi connectivity index (χ1v) is 11.7. The number of rotatable bonds is 7. The molecule has 1 atom stereocenters. The van der Waals surface area contributed by atoms with Crippen LogP contribution in [0.1, 0.15) is 33.9 Å². The molecule has 0 amide bonds. The van der Waals surface area contributed by atoms with Gasteiger partial charge in [0.15, 0.2) is 11.5 Å². The normalized spacial score (nSPS) is 16.0.